The molecule has 11 heteroatoms. The van der Waals surface area contributed by atoms with Crippen molar-refractivity contribution in [1.29, 1.82) is 0 Å². The highest BCUT2D eigenvalue weighted by molar-refractivity contribution is 6.30. The van der Waals surface area contributed by atoms with E-state index in [2.05, 4.69) is 25.9 Å². The topological polar surface area (TPSA) is 105 Å². The molecule has 1 radical (unpaired) electrons. The fourth-order valence-corrected chi connectivity index (χ4v) is 3.30. The molecule has 2 aromatic carbocycles. The van der Waals surface area contributed by atoms with Gasteiger partial charge in [-0.15, -0.1) is 5.10 Å². The third kappa shape index (κ3) is 4.75. The summed E-state index contributed by atoms with van der Waals surface area (Å²) in [5.41, 5.74) is 1.87. The second kappa shape index (κ2) is 9.00. The summed E-state index contributed by atoms with van der Waals surface area (Å²) in [6.45, 7) is 0.148. The second-order valence-corrected chi connectivity index (χ2v) is 7.11. The molecule has 1 aromatic heterocycles. The first-order chi connectivity index (χ1) is 15.0. The molecule has 2 heterocycles. The van der Waals surface area contributed by atoms with E-state index in [1.165, 1.54) is 47.9 Å². The quantitative estimate of drug-likeness (QED) is 0.630. The van der Waals surface area contributed by atoms with Gasteiger partial charge in [-0.25, -0.2) is 14.1 Å². The first-order valence-corrected chi connectivity index (χ1v) is 9.64. The van der Waals surface area contributed by atoms with Gasteiger partial charge in [0.25, 0.3) is 5.91 Å². The van der Waals surface area contributed by atoms with Crippen molar-refractivity contribution in [2.75, 3.05) is 0 Å². The van der Waals surface area contributed by atoms with Crippen LogP contribution in [0.1, 0.15) is 17.5 Å². The molecule has 2 amide bonds. The SMILES string of the molecule is O=C(NCc1cc(Cl)ccc1-n1cnnn1)[C@@H]1CC=NN1C(=O)[CH]c1ccc(F)cc1. The van der Waals surface area contributed by atoms with Gasteiger partial charge in [0.15, 0.2) is 0 Å². The predicted molar refractivity (Wildman–Crippen MR) is 110 cm³/mol. The maximum absolute atomic E-state index is 13.1. The van der Waals surface area contributed by atoms with Gasteiger partial charge < -0.3 is 5.32 Å². The molecule has 157 valence electrons. The highest BCUT2D eigenvalue weighted by atomic mass is 35.5. The molecule has 3 aromatic rings. The van der Waals surface area contributed by atoms with Crippen molar-refractivity contribution in [2.24, 2.45) is 5.10 Å². The molecule has 0 saturated heterocycles. The van der Waals surface area contributed by atoms with Crippen molar-refractivity contribution in [2.45, 2.75) is 19.0 Å². The maximum Gasteiger partial charge on any atom is 0.252 e. The fourth-order valence-electron chi connectivity index (χ4n) is 3.10. The Morgan fingerprint density at radius 1 is 1.23 bits per heavy atom. The molecule has 0 saturated carbocycles. The van der Waals surface area contributed by atoms with Crippen LogP contribution in [0.25, 0.3) is 5.69 Å². The van der Waals surface area contributed by atoms with Gasteiger partial charge in [0.2, 0.25) is 5.91 Å². The molecule has 4 rings (SSSR count). The zero-order chi connectivity index (χ0) is 21.8. The monoisotopic (exact) mass is 440 g/mol. The minimum absolute atomic E-state index is 0.148. The van der Waals surface area contributed by atoms with Crippen LogP contribution in [0.15, 0.2) is 53.9 Å². The van der Waals surface area contributed by atoms with Crippen LogP contribution in [-0.2, 0) is 16.1 Å². The van der Waals surface area contributed by atoms with Crippen LogP contribution >= 0.6 is 11.6 Å². The van der Waals surface area contributed by atoms with Crippen molar-refractivity contribution in [3.8, 4) is 5.69 Å². The summed E-state index contributed by atoms with van der Waals surface area (Å²) in [6.07, 6.45) is 4.52. The number of hydrogen-bond acceptors (Lipinski definition) is 6. The number of aromatic nitrogens is 4. The Morgan fingerprint density at radius 2 is 2.03 bits per heavy atom. The Kier molecular flexibility index (Phi) is 5.99. The Hall–Kier alpha value is -3.66. The molecule has 1 N–H and O–H groups in total. The molecule has 0 bridgehead atoms. The molecule has 0 spiro atoms. The molecule has 0 aliphatic carbocycles. The van der Waals surface area contributed by atoms with Crippen LogP contribution in [0.4, 0.5) is 4.39 Å². The average Bonchev–Trinajstić information content (AvgIpc) is 3.46. The number of carbonyl (C=O) groups excluding carboxylic acids is 2. The lowest BCUT2D eigenvalue weighted by atomic mass is 10.1. The molecule has 1 aliphatic rings. The number of hydrogen-bond donors (Lipinski definition) is 1. The lowest BCUT2D eigenvalue weighted by molar-refractivity contribution is -0.136. The summed E-state index contributed by atoms with van der Waals surface area (Å²) < 4.78 is 14.5. The predicted octanol–water partition coefficient (Wildman–Crippen LogP) is 1.91. The Labute approximate surface area is 181 Å². The summed E-state index contributed by atoms with van der Waals surface area (Å²) in [7, 11) is 0. The number of tetrazole rings is 1. The first kappa shape index (κ1) is 20.6. The third-order valence-corrected chi connectivity index (χ3v) is 4.84. The van der Waals surface area contributed by atoms with Crippen molar-refractivity contribution in [1.82, 2.24) is 30.5 Å². The lowest BCUT2D eigenvalue weighted by Crippen LogP contribution is -2.44. The summed E-state index contributed by atoms with van der Waals surface area (Å²) >= 11 is 6.10. The molecule has 31 heavy (non-hydrogen) atoms. The largest absolute Gasteiger partial charge is 0.350 e. The zero-order valence-corrected chi connectivity index (χ0v) is 16.8. The Bertz CT molecular complexity index is 1120. The summed E-state index contributed by atoms with van der Waals surface area (Å²) in [6, 6.07) is 9.80. The van der Waals surface area contributed by atoms with Gasteiger partial charge in [-0.2, -0.15) is 5.10 Å². The van der Waals surface area contributed by atoms with Crippen LogP contribution in [-0.4, -0.2) is 49.3 Å². The van der Waals surface area contributed by atoms with Crippen LogP contribution in [0.3, 0.4) is 0 Å². The van der Waals surface area contributed by atoms with Crippen LogP contribution in [0.5, 0.6) is 0 Å². The van der Waals surface area contributed by atoms with Gasteiger partial charge in [-0.1, -0.05) is 23.7 Å². The second-order valence-electron chi connectivity index (χ2n) is 6.67. The van der Waals surface area contributed by atoms with Crippen LogP contribution in [0, 0.1) is 12.2 Å². The molecule has 9 nitrogen and oxygen atoms in total. The normalized spacial score (nSPS) is 15.3. The maximum atomic E-state index is 13.1. The van der Waals surface area contributed by atoms with Gasteiger partial charge in [0.1, 0.15) is 18.2 Å². The minimum Gasteiger partial charge on any atom is -0.350 e. The first-order valence-electron chi connectivity index (χ1n) is 9.27. The number of benzene rings is 2. The van der Waals surface area contributed by atoms with Gasteiger partial charge in [0.05, 0.1) is 12.1 Å². The van der Waals surface area contributed by atoms with Gasteiger partial charge in [-0.3, -0.25) is 9.59 Å². The number of nitrogens with zero attached hydrogens (tertiary/aromatic N) is 6. The van der Waals surface area contributed by atoms with Crippen molar-refractivity contribution in [3.63, 3.8) is 0 Å². The summed E-state index contributed by atoms with van der Waals surface area (Å²) in [5, 5.41) is 19.5. The van der Waals surface area contributed by atoms with E-state index in [1.807, 2.05) is 0 Å². The number of halogens is 2. The van der Waals surface area contributed by atoms with Crippen LogP contribution in [0.2, 0.25) is 5.02 Å². The zero-order valence-electron chi connectivity index (χ0n) is 16.0. The summed E-state index contributed by atoms with van der Waals surface area (Å²) in [5.74, 6) is -1.25. The molecular weight excluding hydrogens is 425 g/mol. The van der Waals surface area contributed by atoms with Gasteiger partial charge in [0, 0.05) is 24.2 Å². The fraction of sp³-hybridized carbons (Fsp3) is 0.150. The van der Waals surface area contributed by atoms with Crippen molar-refractivity contribution >= 4 is 29.6 Å². The van der Waals surface area contributed by atoms with E-state index < -0.39 is 17.8 Å². The van der Waals surface area contributed by atoms with E-state index in [4.69, 9.17) is 11.6 Å². The van der Waals surface area contributed by atoms with E-state index in [9.17, 15) is 14.0 Å². The minimum atomic E-state index is -0.792. The Morgan fingerprint density at radius 3 is 2.77 bits per heavy atom. The number of nitrogens with one attached hydrogen (secondary N) is 1. The van der Waals surface area contributed by atoms with Crippen molar-refractivity contribution in [3.05, 3.63) is 77.2 Å². The number of rotatable bonds is 6. The Balaban J connectivity index is 1.42. The molecule has 1 aliphatic heterocycles. The van der Waals surface area contributed by atoms with E-state index in [-0.39, 0.29) is 18.9 Å². The van der Waals surface area contributed by atoms with Crippen molar-refractivity contribution < 1.29 is 14.0 Å². The molecule has 1 atom stereocenters. The number of carbonyl (C=O) groups is 2. The van der Waals surface area contributed by atoms with Gasteiger partial charge in [-0.05, 0) is 51.9 Å². The van der Waals surface area contributed by atoms with Crippen LogP contribution < -0.4 is 5.32 Å². The summed E-state index contributed by atoms with van der Waals surface area (Å²) in [4.78, 5) is 25.4. The highest BCUT2D eigenvalue weighted by Crippen LogP contribution is 2.20. The standard InChI is InChI=1S/C20H16ClFN7O2/c21-15-3-6-17(28-12-24-26-27-28)14(10-15)11-23-20(31)18-7-8-25-29(18)19(30)9-13-1-4-16(22)5-2-13/h1-6,8-10,12,18H,7,11H2,(H,23,31)/t18-/m0/s1. The molecular formula is C20H16ClFN7O2. The van der Waals surface area contributed by atoms with E-state index >= 15 is 0 Å². The number of hydrazone groups is 1. The average molecular weight is 441 g/mol. The smallest absolute Gasteiger partial charge is 0.252 e. The van der Waals surface area contributed by atoms with E-state index in [0.29, 0.717) is 21.8 Å². The molecule has 0 fully saturated rings. The highest BCUT2D eigenvalue weighted by Gasteiger charge is 2.32. The van der Waals surface area contributed by atoms with E-state index in [0.717, 1.165) is 5.01 Å². The number of amides is 2. The van der Waals surface area contributed by atoms with Gasteiger partial charge >= 0.3 is 0 Å². The van der Waals surface area contributed by atoms with E-state index in [1.54, 1.807) is 18.2 Å². The third-order valence-electron chi connectivity index (χ3n) is 4.61. The lowest BCUT2D eigenvalue weighted by Gasteiger charge is -2.21. The molecule has 0 unspecified atom stereocenters.